The van der Waals surface area contributed by atoms with E-state index in [-0.39, 0.29) is 0 Å². The maximum absolute atomic E-state index is 6.05. The highest BCUT2D eigenvalue weighted by atomic mass is 79.9. The molecule has 2 aromatic rings. The van der Waals surface area contributed by atoms with Crippen LogP contribution in [0.4, 0.5) is 5.82 Å². The van der Waals surface area contributed by atoms with Crippen LogP contribution < -0.4 is 5.73 Å². The maximum atomic E-state index is 6.05. The van der Waals surface area contributed by atoms with Crippen LogP contribution in [0, 0.1) is 11.8 Å². The van der Waals surface area contributed by atoms with E-state index in [2.05, 4.69) is 33.2 Å². The van der Waals surface area contributed by atoms with E-state index >= 15 is 0 Å². The average Bonchev–Trinajstić information content (AvgIpc) is 3.08. The summed E-state index contributed by atoms with van der Waals surface area (Å²) in [6.07, 6.45) is 5.37. The zero-order valence-electron chi connectivity index (χ0n) is 11.2. The Bertz CT molecular complexity index is 622. The summed E-state index contributed by atoms with van der Waals surface area (Å²) < 4.78 is 6.68. The molecule has 2 N–H and O–H groups in total. The van der Waals surface area contributed by atoms with E-state index in [0.29, 0.717) is 11.7 Å². The van der Waals surface area contributed by atoms with Crippen LogP contribution in [0.3, 0.4) is 0 Å². The second-order valence-electron chi connectivity index (χ2n) is 5.95. The molecule has 0 radical (unpaired) electrons. The predicted octanol–water partition coefficient (Wildman–Crippen LogP) is 4.59. The number of aromatic nitrogens is 1. The smallest absolute Gasteiger partial charge is 0.175 e. The Morgan fingerprint density at radius 2 is 1.75 bits per heavy atom. The Balaban J connectivity index is 1.73. The first-order chi connectivity index (χ1) is 9.75. The number of hydrogen-bond donors (Lipinski definition) is 1. The van der Waals surface area contributed by atoms with Gasteiger partial charge in [-0.15, -0.1) is 0 Å². The SMILES string of the molecule is Nc1noc(C2C3CCCCC32)c1-c1ccc(Br)cc1. The van der Waals surface area contributed by atoms with Gasteiger partial charge in [-0.3, -0.25) is 0 Å². The number of nitrogen functional groups attached to an aromatic ring is 1. The molecule has 104 valence electrons. The number of hydrogen-bond acceptors (Lipinski definition) is 3. The number of benzene rings is 1. The van der Waals surface area contributed by atoms with E-state index in [9.17, 15) is 0 Å². The second kappa shape index (κ2) is 4.62. The molecule has 20 heavy (non-hydrogen) atoms. The summed E-state index contributed by atoms with van der Waals surface area (Å²) in [5, 5.41) is 4.03. The van der Waals surface area contributed by atoms with Gasteiger partial charge in [0.25, 0.3) is 0 Å². The molecule has 1 aromatic heterocycles. The van der Waals surface area contributed by atoms with Crippen molar-refractivity contribution >= 4 is 21.7 Å². The number of halogens is 1. The monoisotopic (exact) mass is 332 g/mol. The van der Waals surface area contributed by atoms with Crippen LogP contribution in [0.2, 0.25) is 0 Å². The Labute approximate surface area is 126 Å². The lowest BCUT2D eigenvalue weighted by Gasteiger charge is -2.04. The minimum Gasteiger partial charge on any atom is -0.380 e. The minimum absolute atomic E-state index is 0.519. The van der Waals surface area contributed by atoms with Gasteiger partial charge in [-0.25, -0.2) is 0 Å². The highest BCUT2D eigenvalue weighted by Crippen LogP contribution is 2.63. The van der Waals surface area contributed by atoms with E-state index in [0.717, 1.165) is 33.2 Å². The van der Waals surface area contributed by atoms with Crippen molar-refractivity contribution in [3.05, 3.63) is 34.5 Å². The highest BCUT2D eigenvalue weighted by molar-refractivity contribution is 9.10. The molecule has 1 heterocycles. The first-order valence-electron chi connectivity index (χ1n) is 7.26. The van der Waals surface area contributed by atoms with Crippen molar-refractivity contribution < 1.29 is 4.52 Å². The lowest BCUT2D eigenvalue weighted by molar-refractivity contribution is 0.381. The van der Waals surface area contributed by atoms with E-state index in [1.165, 1.54) is 25.7 Å². The topological polar surface area (TPSA) is 52.0 Å². The average molecular weight is 333 g/mol. The summed E-state index contributed by atoms with van der Waals surface area (Å²) in [7, 11) is 0. The lowest BCUT2D eigenvalue weighted by atomic mass is 10.0. The minimum atomic E-state index is 0.519. The van der Waals surface area contributed by atoms with Gasteiger partial charge in [0.2, 0.25) is 0 Å². The van der Waals surface area contributed by atoms with E-state index in [1.807, 2.05) is 12.1 Å². The van der Waals surface area contributed by atoms with Gasteiger partial charge in [0.1, 0.15) is 5.76 Å². The molecule has 4 heteroatoms. The van der Waals surface area contributed by atoms with Crippen LogP contribution in [0.25, 0.3) is 11.1 Å². The number of anilines is 1. The van der Waals surface area contributed by atoms with E-state index in [4.69, 9.17) is 10.3 Å². The van der Waals surface area contributed by atoms with Crippen molar-refractivity contribution in [2.45, 2.75) is 31.6 Å². The van der Waals surface area contributed by atoms with Crippen LogP contribution in [-0.4, -0.2) is 5.16 Å². The van der Waals surface area contributed by atoms with E-state index < -0.39 is 0 Å². The second-order valence-corrected chi connectivity index (χ2v) is 6.87. The van der Waals surface area contributed by atoms with Gasteiger partial charge in [-0.05, 0) is 42.4 Å². The number of nitrogens with zero attached hydrogens (tertiary/aromatic N) is 1. The van der Waals surface area contributed by atoms with Gasteiger partial charge in [-0.1, -0.05) is 46.1 Å². The first kappa shape index (κ1) is 12.5. The molecule has 4 rings (SSSR count). The third-order valence-corrected chi connectivity index (χ3v) is 5.37. The molecule has 0 bridgehead atoms. The third kappa shape index (κ3) is 1.89. The van der Waals surface area contributed by atoms with E-state index in [1.54, 1.807) is 0 Å². The van der Waals surface area contributed by atoms with Crippen molar-refractivity contribution in [1.29, 1.82) is 0 Å². The molecule has 0 spiro atoms. The fourth-order valence-corrected chi connectivity index (χ4v) is 4.10. The molecule has 0 aliphatic heterocycles. The Hall–Kier alpha value is -1.29. The normalized spacial score (nSPS) is 28.1. The van der Waals surface area contributed by atoms with Crippen LogP contribution in [0.5, 0.6) is 0 Å². The standard InChI is InChI=1S/C16H17BrN2O/c17-10-7-5-9(6-8-10)13-15(20-19-16(13)18)14-11-3-1-2-4-12(11)14/h5-8,11-12,14H,1-4H2,(H2,18,19). The molecule has 3 nitrogen and oxygen atoms in total. The van der Waals surface area contributed by atoms with Crippen molar-refractivity contribution in [1.82, 2.24) is 5.16 Å². The van der Waals surface area contributed by atoms with Crippen LogP contribution in [-0.2, 0) is 0 Å². The zero-order valence-corrected chi connectivity index (χ0v) is 12.8. The first-order valence-corrected chi connectivity index (χ1v) is 8.06. The van der Waals surface area contributed by atoms with Crippen molar-refractivity contribution in [3.8, 4) is 11.1 Å². The Morgan fingerprint density at radius 1 is 1.10 bits per heavy atom. The summed E-state index contributed by atoms with van der Waals surface area (Å²) in [6.45, 7) is 0. The zero-order chi connectivity index (χ0) is 13.7. The van der Waals surface area contributed by atoms with Gasteiger partial charge < -0.3 is 10.3 Å². The largest absolute Gasteiger partial charge is 0.380 e. The highest BCUT2D eigenvalue weighted by Gasteiger charge is 2.54. The van der Waals surface area contributed by atoms with Gasteiger partial charge in [-0.2, -0.15) is 0 Å². The van der Waals surface area contributed by atoms with Gasteiger partial charge in [0, 0.05) is 10.4 Å². The number of fused-ring (bicyclic) bond motifs is 1. The fraction of sp³-hybridized carbons (Fsp3) is 0.438. The summed E-state index contributed by atoms with van der Waals surface area (Å²) in [5.41, 5.74) is 8.16. The van der Waals surface area contributed by atoms with Gasteiger partial charge in [0.05, 0.1) is 5.56 Å². The Kier molecular flexibility index (Phi) is 2.88. The molecule has 2 unspecified atom stereocenters. The lowest BCUT2D eigenvalue weighted by Crippen LogP contribution is -1.91. The predicted molar refractivity (Wildman–Crippen MR) is 82.2 cm³/mol. The third-order valence-electron chi connectivity index (χ3n) is 4.84. The number of nitrogens with two attached hydrogens (primary N) is 1. The summed E-state index contributed by atoms with van der Waals surface area (Å²) in [5.74, 6) is 3.67. The number of rotatable bonds is 2. The van der Waals surface area contributed by atoms with Crippen molar-refractivity contribution in [3.63, 3.8) is 0 Å². The van der Waals surface area contributed by atoms with Crippen LogP contribution >= 0.6 is 15.9 Å². The molecular weight excluding hydrogens is 316 g/mol. The molecule has 2 fully saturated rings. The maximum Gasteiger partial charge on any atom is 0.175 e. The van der Waals surface area contributed by atoms with Gasteiger partial charge in [0.15, 0.2) is 5.82 Å². The molecule has 2 atom stereocenters. The molecular formula is C16H17BrN2O. The molecule has 2 saturated carbocycles. The summed E-state index contributed by atoms with van der Waals surface area (Å²) in [6, 6.07) is 8.21. The van der Waals surface area contributed by atoms with Crippen LogP contribution in [0.15, 0.2) is 33.3 Å². The quantitative estimate of drug-likeness (QED) is 0.874. The van der Waals surface area contributed by atoms with Crippen molar-refractivity contribution in [2.24, 2.45) is 11.8 Å². The van der Waals surface area contributed by atoms with Crippen LogP contribution in [0.1, 0.15) is 37.4 Å². The molecule has 1 aromatic carbocycles. The molecule has 0 saturated heterocycles. The van der Waals surface area contributed by atoms with Gasteiger partial charge >= 0.3 is 0 Å². The Morgan fingerprint density at radius 3 is 2.40 bits per heavy atom. The summed E-state index contributed by atoms with van der Waals surface area (Å²) >= 11 is 3.47. The van der Waals surface area contributed by atoms with Crippen molar-refractivity contribution in [2.75, 3.05) is 5.73 Å². The molecule has 0 amide bonds. The molecule has 2 aliphatic carbocycles. The summed E-state index contributed by atoms with van der Waals surface area (Å²) in [4.78, 5) is 0. The molecule has 2 aliphatic rings. The fourth-order valence-electron chi connectivity index (χ4n) is 3.83.